The minimum absolute atomic E-state index is 0.0180. The van der Waals surface area contributed by atoms with Crippen LogP contribution in [0, 0.1) is 11.8 Å². The number of ether oxygens (including phenoxy) is 1. The van der Waals surface area contributed by atoms with Crippen molar-refractivity contribution in [3.63, 3.8) is 0 Å². The average molecular weight is 202 g/mol. The maximum atomic E-state index is 9.99. The summed E-state index contributed by atoms with van der Waals surface area (Å²) in [6.45, 7) is 8.53. The van der Waals surface area contributed by atoms with E-state index in [2.05, 4.69) is 27.7 Å². The van der Waals surface area contributed by atoms with Crippen LogP contribution in [-0.2, 0) is 4.74 Å². The van der Waals surface area contributed by atoms with E-state index in [1.165, 1.54) is 0 Å². The molecule has 2 heteroatoms. The van der Waals surface area contributed by atoms with Crippen LogP contribution in [0.2, 0.25) is 0 Å². The normalized spacial score (nSPS) is 16.3. The Kier molecular flexibility index (Phi) is 7.20. The lowest BCUT2D eigenvalue weighted by Gasteiger charge is -2.27. The zero-order chi connectivity index (χ0) is 11.1. The average Bonchev–Trinajstić information content (AvgIpc) is 2.14. The predicted octanol–water partition coefficient (Wildman–Crippen LogP) is 2.84. The molecule has 0 spiro atoms. The van der Waals surface area contributed by atoms with Gasteiger partial charge in [-0.1, -0.05) is 40.5 Å². The summed E-state index contributed by atoms with van der Waals surface area (Å²) < 4.78 is 5.31. The van der Waals surface area contributed by atoms with Crippen molar-refractivity contribution in [3.8, 4) is 0 Å². The van der Waals surface area contributed by atoms with Crippen molar-refractivity contribution in [2.75, 3.05) is 7.11 Å². The zero-order valence-electron chi connectivity index (χ0n) is 10.3. The Balaban J connectivity index is 4.08. The second-order valence-electron chi connectivity index (χ2n) is 4.43. The molecule has 0 radical (unpaired) electrons. The predicted molar refractivity (Wildman–Crippen MR) is 60.3 cm³/mol. The lowest BCUT2D eigenvalue weighted by Crippen LogP contribution is -2.34. The van der Waals surface area contributed by atoms with E-state index in [1.807, 2.05) is 0 Å². The van der Waals surface area contributed by atoms with Crippen molar-refractivity contribution in [1.82, 2.24) is 0 Å². The summed E-state index contributed by atoms with van der Waals surface area (Å²) in [5, 5.41) is 9.99. The van der Waals surface area contributed by atoms with Gasteiger partial charge in [-0.15, -0.1) is 0 Å². The molecular weight excluding hydrogens is 176 g/mol. The maximum Gasteiger partial charge on any atom is 0.0853 e. The lowest BCUT2D eigenvalue weighted by molar-refractivity contribution is -0.0474. The summed E-state index contributed by atoms with van der Waals surface area (Å²) >= 11 is 0. The Bertz CT molecular complexity index is 130. The minimum Gasteiger partial charge on any atom is -0.390 e. The van der Waals surface area contributed by atoms with E-state index >= 15 is 0 Å². The van der Waals surface area contributed by atoms with E-state index in [0.29, 0.717) is 11.8 Å². The van der Waals surface area contributed by atoms with Crippen molar-refractivity contribution in [3.05, 3.63) is 0 Å². The first-order valence-corrected chi connectivity index (χ1v) is 5.77. The first-order valence-electron chi connectivity index (χ1n) is 5.77. The molecule has 0 aliphatic carbocycles. The summed E-state index contributed by atoms with van der Waals surface area (Å²) in [7, 11) is 1.68. The van der Waals surface area contributed by atoms with E-state index in [0.717, 1.165) is 19.3 Å². The van der Waals surface area contributed by atoms with E-state index in [9.17, 15) is 5.11 Å². The number of methoxy groups -OCH3 is 1. The van der Waals surface area contributed by atoms with Gasteiger partial charge in [0.1, 0.15) is 0 Å². The molecule has 0 bridgehead atoms. The SMILES string of the molecule is CCC(CC)CC(O)C(OC)C(C)C. The van der Waals surface area contributed by atoms with Gasteiger partial charge in [-0.05, 0) is 18.3 Å². The molecule has 2 nitrogen and oxygen atoms in total. The monoisotopic (exact) mass is 202 g/mol. The first-order chi connectivity index (χ1) is 6.56. The third-order valence-corrected chi connectivity index (χ3v) is 3.04. The zero-order valence-corrected chi connectivity index (χ0v) is 10.3. The molecule has 0 saturated heterocycles. The summed E-state index contributed by atoms with van der Waals surface area (Å²) in [5.41, 5.74) is 0. The van der Waals surface area contributed by atoms with Gasteiger partial charge in [-0.3, -0.25) is 0 Å². The molecule has 0 aromatic rings. The summed E-state index contributed by atoms with van der Waals surface area (Å²) in [4.78, 5) is 0. The molecule has 0 aliphatic heterocycles. The topological polar surface area (TPSA) is 29.5 Å². The van der Waals surface area contributed by atoms with E-state index < -0.39 is 0 Å². The first kappa shape index (κ1) is 13.9. The molecule has 0 fully saturated rings. The van der Waals surface area contributed by atoms with E-state index in [1.54, 1.807) is 7.11 Å². The Hall–Kier alpha value is -0.0800. The van der Waals surface area contributed by atoms with Crippen LogP contribution in [-0.4, -0.2) is 24.4 Å². The highest BCUT2D eigenvalue weighted by Crippen LogP contribution is 2.20. The molecule has 86 valence electrons. The number of hydrogen-bond donors (Lipinski definition) is 1. The number of hydrogen-bond acceptors (Lipinski definition) is 2. The fourth-order valence-electron chi connectivity index (χ4n) is 1.97. The molecule has 0 aromatic carbocycles. The van der Waals surface area contributed by atoms with Crippen molar-refractivity contribution in [2.45, 2.75) is 59.2 Å². The second-order valence-corrected chi connectivity index (χ2v) is 4.43. The summed E-state index contributed by atoms with van der Waals surface area (Å²) in [6.07, 6.45) is 2.81. The van der Waals surface area contributed by atoms with Gasteiger partial charge in [0.15, 0.2) is 0 Å². The van der Waals surface area contributed by atoms with Gasteiger partial charge in [-0.2, -0.15) is 0 Å². The van der Waals surface area contributed by atoms with Crippen LogP contribution in [0.5, 0.6) is 0 Å². The van der Waals surface area contributed by atoms with Crippen molar-refractivity contribution >= 4 is 0 Å². The van der Waals surface area contributed by atoms with Crippen LogP contribution < -0.4 is 0 Å². The van der Waals surface area contributed by atoms with Gasteiger partial charge in [0, 0.05) is 7.11 Å². The highest BCUT2D eigenvalue weighted by Gasteiger charge is 2.24. The third-order valence-electron chi connectivity index (χ3n) is 3.04. The molecule has 0 rings (SSSR count). The standard InChI is InChI=1S/C12H26O2/c1-6-10(7-2)8-11(13)12(14-5)9(3)4/h9-13H,6-8H2,1-5H3. The van der Waals surface area contributed by atoms with Crippen LogP contribution >= 0.6 is 0 Å². The van der Waals surface area contributed by atoms with Gasteiger partial charge in [0.05, 0.1) is 12.2 Å². The largest absolute Gasteiger partial charge is 0.390 e. The van der Waals surface area contributed by atoms with Gasteiger partial charge in [-0.25, -0.2) is 0 Å². The Morgan fingerprint density at radius 1 is 1.14 bits per heavy atom. The van der Waals surface area contributed by atoms with Crippen LogP contribution in [0.25, 0.3) is 0 Å². The molecule has 0 aromatic heterocycles. The Morgan fingerprint density at radius 2 is 1.64 bits per heavy atom. The summed E-state index contributed by atoms with van der Waals surface area (Å²) in [5.74, 6) is 1.01. The molecule has 0 aliphatic rings. The van der Waals surface area contributed by atoms with Crippen LogP contribution in [0.1, 0.15) is 47.0 Å². The molecule has 2 atom stereocenters. The number of rotatable bonds is 7. The highest BCUT2D eigenvalue weighted by atomic mass is 16.5. The smallest absolute Gasteiger partial charge is 0.0853 e. The fourth-order valence-corrected chi connectivity index (χ4v) is 1.97. The van der Waals surface area contributed by atoms with E-state index in [-0.39, 0.29) is 12.2 Å². The van der Waals surface area contributed by atoms with Crippen molar-refractivity contribution < 1.29 is 9.84 Å². The molecule has 14 heavy (non-hydrogen) atoms. The molecule has 0 amide bonds. The quantitative estimate of drug-likeness (QED) is 0.688. The molecule has 1 N–H and O–H groups in total. The van der Waals surface area contributed by atoms with Crippen molar-refractivity contribution in [1.29, 1.82) is 0 Å². The Morgan fingerprint density at radius 3 is 1.93 bits per heavy atom. The molecule has 0 saturated carbocycles. The van der Waals surface area contributed by atoms with Gasteiger partial charge in [0.2, 0.25) is 0 Å². The molecule has 0 heterocycles. The summed E-state index contributed by atoms with van der Waals surface area (Å²) in [6, 6.07) is 0. The lowest BCUT2D eigenvalue weighted by atomic mass is 9.90. The van der Waals surface area contributed by atoms with Crippen LogP contribution in [0.4, 0.5) is 0 Å². The second kappa shape index (κ2) is 7.24. The van der Waals surface area contributed by atoms with Gasteiger partial charge < -0.3 is 9.84 Å². The minimum atomic E-state index is -0.315. The van der Waals surface area contributed by atoms with Gasteiger partial charge >= 0.3 is 0 Å². The highest BCUT2D eigenvalue weighted by molar-refractivity contribution is 4.74. The third kappa shape index (κ3) is 4.43. The maximum absolute atomic E-state index is 9.99. The van der Waals surface area contributed by atoms with Gasteiger partial charge in [0.25, 0.3) is 0 Å². The molecule has 2 unspecified atom stereocenters. The number of aliphatic hydroxyl groups excluding tert-OH is 1. The fraction of sp³-hybridized carbons (Fsp3) is 1.00. The van der Waals surface area contributed by atoms with Crippen LogP contribution in [0.3, 0.4) is 0 Å². The van der Waals surface area contributed by atoms with Crippen LogP contribution in [0.15, 0.2) is 0 Å². The van der Waals surface area contributed by atoms with E-state index in [4.69, 9.17) is 4.74 Å². The Labute approximate surface area is 88.7 Å². The number of aliphatic hydroxyl groups is 1. The molecular formula is C12H26O2. The van der Waals surface area contributed by atoms with Crippen molar-refractivity contribution in [2.24, 2.45) is 11.8 Å².